The molecule has 0 aliphatic rings. The lowest BCUT2D eigenvalue weighted by Gasteiger charge is -2.13. The first-order valence-electron chi connectivity index (χ1n) is 4.78. The maximum absolute atomic E-state index is 4.37. The molecule has 72 valence electrons. The smallest absolute Gasteiger partial charge is 0.127 e. The molecule has 1 aromatic rings. The first-order valence-corrected chi connectivity index (χ1v) is 4.78. The van der Waals surface area contributed by atoms with E-state index in [0.29, 0.717) is 5.92 Å². The Balaban J connectivity index is 2.81. The van der Waals surface area contributed by atoms with E-state index in [-0.39, 0.29) is 0 Å². The number of rotatable bonds is 3. The van der Waals surface area contributed by atoms with Crippen molar-refractivity contribution < 1.29 is 0 Å². The molecule has 1 aromatic heterocycles. The van der Waals surface area contributed by atoms with Crippen molar-refractivity contribution in [3.05, 3.63) is 23.9 Å². The number of nitrogens with zero attached hydrogens (tertiary/aromatic N) is 2. The van der Waals surface area contributed by atoms with Gasteiger partial charge in [-0.3, -0.25) is 0 Å². The third-order valence-electron chi connectivity index (χ3n) is 2.41. The van der Waals surface area contributed by atoms with Gasteiger partial charge in [-0.25, -0.2) is 4.98 Å². The van der Waals surface area contributed by atoms with Crippen LogP contribution in [0, 0.1) is 0 Å². The Labute approximate surface area is 80.6 Å². The normalized spacial score (nSPS) is 12.6. The molecule has 0 aromatic carbocycles. The molecule has 0 fully saturated rings. The van der Waals surface area contributed by atoms with E-state index in [2.05, 4.69) is 31.0 Å². The van der Waals surface area contributed by atoms with Crippen LogP contribution < -0.4 is 4.90 Å². The number of aromatic nitrogens is 1. The van der Waals surface area contributed by atoms with Gasteiger partial charge in [0.2, 0.25) is 0 Å². The number of hydrogen-bond donors (Lipinski definition) is 0. The Bertz CT molecular complexity index is 251. The van der Waals surface area contributed by atoms with Gasteiger partial charge >= 0.3 is 0 Å². The van der Waals surface area contributed by atoms with Crippen LogP contribution in [0.3, 0.4) is 0 Å². The maximum atomic E-state index is 4.37. The summed E-state index contributed by atoms with van der Waals surface area (Å²) in [6, 6.07) is 4.23. The quantitative estimate of drug-likeness (QED) is 0.707. The Morgan fingerprint density at radius 2 is 2.08 bits per heavy atom. The van der Waals surface area contributed by atoms with Gasteiger partial charge in [0.25, 0.3) is 0 Å². The van der Waals surface area contributed by atoms with E-state index in [1.54, 1.807) is 0 Å². The molecule has 2 heteroatoms. The van der Waals surface area contributed by atoms with E-state index in [0.717, 1.165) is 5.82 Å². The van der Waals surface area contributed by atoms with E-state index in [1.807, 2.05) is 25.2 Å². The van der Waals surface area contributed by atoms with Gasteiger partial charge in [-0.2, -0.15) is 0 Å². The Hall–Kier alpha value is -1.05. The van der Waals surface area contributed by atoms with Crippen LogP contribution in [-0.2, 0) is 0 Å². The van der Waals surface area contributed by atoms with Crippen LogP contribution >= 0.6 is 0 Å². The van der Waals surface area contributed by atoms with Crippen LogP contribution in [0.2, 0.25) is 0 Å². The predicted molar refractivity (Wildman–Crippen MR) is 57.3 cm³/mol. The second kappa shape index (κ2) is 4.26. The fourth-order valence-corrected chi connectivity index (χ4v) is 1.19. The van der Waals surface area contributed by atoms with E-state index < -0.39 is 0 Å². The fourth-order valence-electron chi connectivity index (χ4n) is 1.19. The molecule has 0 saturated heterocycles. The average molecular weight is 178 g/mol. The summed E-state index contributed by atoms with van der Waals surface area (Å²) in [5.74, 6) is 1.63. The van der Waals surface area contributed by atoms with E-state index in [4.69, 9.17) is 0 Å². The Morgan fingerprint density at radius 3 is 2.46 bits per heavy atom. The molecule has 0 N–H and O–H groups in total. The van der Waals surface area contributed by atoms with Crippen molar-refractivity contribution in [1.82, 2.24) is 4.98 Å². The zero-order valence-corrected chi connectivity index (χ0v) is 8.91. The lowest BCUT2D eigenvalue weighted by atomic mass is 10.0. The molecular formula is C11H18N2. The minimum Gasteiger partial charge on any atom is -0.363 e. The van der Waals surface area contributed by atoms with Crippen LogP contribution in [0.4, 0.5) is 5.82 Å². The van der Waals surface area contributed by atoms with Crippen molar-refractivity contribution in [2.24, 2.45) is 0 Å². The molecule has 0 bridgehead atoms. The predicted octanol–water partition coefficient (Wildman–Crippen LogP) is 2.66. The molecule has 2 nitrogen and oxygen atoms in total. The molecule has 13 heavy (non-hydrogen) atoms. The average Bonchev–Trinajstić information content (AvgIpc) is 2.17. The topological polar surface area (TPSA) is 16.1 Å². The highest BCUT2D eigenvalue weighted by Gasteiger charge is 2.03. The lowest BCUT2D eigenvalue weighted by molar-refractivity contribution is 0.729. The van der Waals surface area contributed by atoms with Gasteiger partial charge < -0.3 is 4.90 Å². The largest absolute Gasteiger partial charge is 0.363 e. The summed E-state index contributed by atoms with van der Waals surface area (Å²) in [7, 11) is 4.01. The molecular weight excluding hydrogens is 160 g/mol. The fraction of sp³-hybridized carbons (Fsp3) is 0.545. The second-order valence-electron chi connectivity index (χ2n) is 3.65. The number of hydrogen-bond acceptors (Lipinski definition) is 2. The van der Waals surface area contributed by atoms with Crippen molar-refractivity contribution in [2.75, 3.05) is 19.0 Å². The molecule has 0 aliphatic carbocycles. The van der Waals surface area contributed by atoms with Crippen molar-refractivity contribution >= 4 is 5.82 Å². The summed E-state index contributed by atoms with van der Waals surface area (Å²) in [5.41, 5.74) is 1.33. The third kappa shape index (κ3) is 2.44. The summed E-state index contributed by atoms with van der Waals surface area (Å²) >= 11 is 0. The molecule has 0 amide bonds. The maximum Gasteiger partial charge on any atom is 0.127 e. The Morgan fingerprint density at radius 1 is 1.38 bits per heavy atom. The number of anilines is 1. The molecule has 0 spiro atoms. The van der Waals surface area contributed by atoms with Crippen molar-refractivity contribution in [3.8, 4) is 0 Å². The molecule has 1 heterocycles. The highest BCUT2D eigenvalue weighted by molar-refractivity contribution is 5.37. The minimum absolute atomic E-state index is 0.615. The molecule has 0 radical (unpaired) electrons. The molecule has 0 saturated carbocycles. The summed E-state index contributed by atoms with van der Waals surface area (Å²) in [6.07, 6.45) is 3.15. The summed E-state index contributed by atoms with van der Waals surface area (Å²) in [5, 5.41) is 0. The van der Waals surface area contributed by atoms with Crippen LogP contribution in [0.15, 0.2) is 18.3 Å². The van der Waals surface area contributed by atoms with E-state index in [9.17, 15) is 0 Å². The first kappa shape index (κ1) is 10.0. The van der Waals surface area contributed by atoms with Crippen LogP contribution in [0.25, 0.3) is 0 Å². The van der Waals surface area contributed by atoms with E-state index in [1.165, 1.54) is 12.0 Å². The molecule has 1 rings (SSSR count). The van der Waals surface area contributed by atoms with E-state index >= 15 is 0 Å². The molecule has 1 atom stereocenters. The lowest BCUT2D eigenvalue weighted by Crippen LogP contribution is -2.10. The van der Waals surface area contributed by atoms with Crippen molar-refractivity contribution in [3.63, 3.8) is 0 Å². The van der Waals surface area contributed by atoms with Gasteiger partial charge in [-0.05, 0) is 24.0 Å². The van der Waals surface area contributed by atoms with Crippen molar-refractivity contribution in [1.29, 1.82) is 0 Å². The standard InChI is InChI=1S/C11H18N2/c1-5-9(2)10-6-7-11(12-8-10)13(3)4/h6-9H,5H2,1-4H3. The molecule has 1 unspecified atom stereocenters. The van der Waals surface area contributed by atoms with Crippen molar-refractivity contribution in [2.45, 2.75) is 26.2 Å². The van der Waals surface area contributed by atoms with Gasteiger partial charge in [0.1, 0.15) is 5.82 Å². The first-order chi connectivity index (χ1) is 6.15. The monoisotopic (exact) mass is 178 g/mol. The molecule has 0 aliphatic heterocycles. The highest BCUT2D eigenvalue weighted by Crippen LogP contribution is 2.18. The van der Waals surface area contributed by atoms with Gasteiger partial charge in [0.15, 0.2) is 0 Å². The van der Waals surface area contributed by atoms with Crippen LogP contribution in [0.1, 0.15) is 31.7 Å². The summed E-state index contributed by atoms with van der Waals surface area (Å²) < 4.78 is 0. The minimum atomic E-state index is 0.615. The second-order valence-corrected chi connectivity index (χ2v) is 3.65. The van der Waals surface area contributed by atoms with Gasteiger partial charge in [-0.1, -0.05) is 19.9 Å². The summed E-state index contributed by atoms with van der Waals surface area (Å²) in [4.78, 5) is 6.39. The van der Waals surface area contributed by atoms with Gasteiger partial charge in [0.05, 0.1) is 0 Å². The zero-order valence-electron chi connectivity index (χ0n) is 8.91. The van der Waals surface area contributed by atoms with Crippen LogP contribution in [0.5, 0.6) is 0 Å². The SMILES string of the molecule is CCC(C)c1ccc(N(C)C)nc1. The zero-order chi connectivity index (χ0) is 9.84. The third-order valence-corrected chi connectivity index (χ3v) is 2.41. The van der Waals surface area contributed by atoms with Crippen LogP contribution in [-0.4, -0.2) is 19.1 Å². The highest BCUT2D eigenvalue weighted by atomic mass is 15.1. The number of pyridine rings is 1. The summed E-state index contributed by atoms with van der Waals surface area (Å²) in [6.45, 7) is 4.43. The Kier molecular flexibility index (Phi) is 3.29. The van der Waals surface area contributed by atoms with Gasteiger partial charge in [0, 0.05) is 20.3 Å². The van der Waals surface area contributed by atoms with Gasteiger partial charge in [-0.15, -0.1) is 0 Å².